The summed E-state index contributed by atoms with van der Waals surface area (Å²) in [5.74, 6) is 0.389. The Balaban J connectivity index is 1.42. The fourth-order valence-electron chi connectivity index (χ4n) is 4.10. The number of benzene rings is 2. The van der Waals surface area contributed by atoms with Gasteiger partial charge in [-0.3, -0.25) is 9.69 Å². The SMILES string of the molecule is O=C(N[C@@H](CN1CCOCC1)c1ccccc1)c1cc(C2CC2)nn1-c1ccccc1. The Hall–Kier alpha value is -2.96. The maximum absolute atomic E-state index is 13.5. The zero-order valence-electron chi connectivity index (χ0n) is 17.6. The maximum Gasteiger partial charge on any atom is 0.270 e. The number of ether oxygens (including phenoxy) is 1. The number of para-hydroxylation sites is 1. The smallest absolute Gasteiger partial charge is 0.270 e. The van der Waals surface area contributed by atoms with Crippen LogP contribution < -0.4 is 5.32 Å². The Morgan fingerprint density at radius 3 is 2.39 bits per heavy atom. The van der Waals surface area contributed by atoms with Crippen LogP contribution in [0.3, 0.4) is 0 Å². The zero-order chi connectivity index (χ0) is 21.0. The van der Waals surface area contributed by atoms with E-state index in [9.17, 15) is 4.79 Å². The highest BCUT2D eigenvalue weighted by molar-refractivity contribution is 5.93. The van der Waals surface area contributed by atoms with E-state index >= 15 is 0 Å². The summed E-state index contributed by atoms with van der Waals surface area (Å²) in [6, 6.07) is 22.0. The minimum absolute atomic E-state index is 0.0923. The van der Waals surface area contributed by atoms with Crippen LogP contribution in [0.5, 0.6) is 0 Å². The Labute approximate surface area is 182 Å². The third-order valence-corrected chi connectivity index (χ3v) is 6.01. The lowest BCUT2D eigenvalue weighted by Gasteiger charge is -2.31. The van der Waals surface area contributed by atoms with Gasteiger partial charge in [-0.15, -0.1) is 0 Å². The van der Waals surface area contributed by atoms with Gasteiger partial charge in [-0.1, -0.05) is 48.5 Å². The minimum Gasteiger partial charge on any atom is -0.379 e. The molecule has 2 aliphatic rings. The summed E-state index contributed by atoms with van der Waals surface area (Å²) in [4.78, 5) is 15.9. The third kappa shape index (κ3) is 4.70. The number of nitrogens with zero attached hydrogens (tertiary/aromatic N) is 3. The molecule has 1 N–H and O–H groups in total. The summed E-state index contributed by atoms with van der Waals surface area (Å²) in [5, 5.41) is 8.09. The summed E-state index contributed by atoms with van der Waals surface area (Å²) in [5.41, 5.74) is 3.62. The fraction of sp³-hybridized carbons (Fsp3) is 0.360. The van der Waals surface area contributed by atoms with Crippen molar-refractivity contribution in [2.45, 2.75) is 24.8 Å². The number of carbonyl (C=O) groups is 1. The second-order valence-electron chi connectivity index (χ2n) is 8.33. The van der Waals surface area contributed by atoms with Crippen molar-refractivity contribution in [2.75, 3.05) is 32.8 Å². The molecule has 1 aromatic heterocycles. The highest BCUT2D eigenvalue weighted by atomic mass is 16.5. The molecule has 1 amide bonds. The molecule has 1 atom stereocenters. The highest BCUT2D eigenvalue weighted by Crippen LogP contribution is 2.39. The van der Waals surface area contributed by atoms with E-state index in [4.69, 9.17) is 9.84 Å². The summed E-state index contributed by atoms with van der Waals surface area (Å²) in [7, 11) is 0. The summed E-state index contributed by atoms with van der Waals surface area (Å²) in [6.07, 6.45) is 2.30. The predicted molar refractivity (Wildman–Crippen MR) is 119 cm³/mol. The van der Waals surface area contributed by atoms with E-state index < -0.39 is 0 Å². The number of morpholine rings is 1. The van der Waals surface area contributed by atoms with Gasteiger partial charge >= 0.3 is 0 Å². The van der Waals surface area contributed by atoms with Gasteiger partial charge in [0, 0.05) is 25.6 Å². The summed E-state index contributed by atoms with van der Waals surface area (Å²) >= 11 is 0. The number of carbonyl (C=O) groups excluding carboxylic acids is 1. The molecule has 6 heteroatoms. The molecule has 0 spiro atoms. The quantitative estimate of drug-likeness (QED) is 0.640. The average molecular weight is 417 g/mol. The number of hydrogen-bond donors (Lipinski definition) is 1. The van der Waals surface area contributed by atoms with Gasteiger partial charge in [-0.2, -0.15) is 5.10 Å². The molecule has 31 heavy (non-hydrogen) atoms. The van der Waals surface area contributed by atoms with Crippen LogP contribution in [0, 0.1) is 0 Å². The molecular formula is C25H28N4O2. The van der Waals surface area contributed by atoms with Crippen molar-refractivity contribution >= 4 is 5.91 Å². The van der Waals surface area contributed by atoms with Crippen molar-refractivity contribution in [1.29, 1.82) is 0 Å². The molecule has 5 rings (SSSR count). The maximum atomic E-state index is 13.5. The van der Waals surface area contributed by atoms with E-state index in [0.29, 0.717) is 11.6 Å². The number of amides is 1. The van der Waals surface area contributed by atoms with Crippen LogP contribution in [0.15, 0.2) is 66.7 Å². The number of hydrogen-bond acceptors (Lipinski definition) is 4. The second kappa shape index (κ2) is 9.04. The molecule has 0 bridgehead atoms. The molecule has 1 aliphatic carbocycles. The van der Waals surface area contributed by atoms with Gasteiger partial charge in [0.25, 0.3) is 5.91 Å². The molecule has 1 saturated heterocycles. The third-order valence-electron chi connectivity index (χ3n) is 6.01. The van der Waals surface area contributed by atoms with Crippen molar-refractivity contribution in [3.05, 3.63) is 83.7 Å². The Morgan fingerprint density at radius 1 is 1.03 bits per heavy atom. The topological polar surface area (TPSA) is 59.4 Å². The van der Waals surface area contributed by atoms with Crippen LogP contribution in [-0.4, -0.2) is 53.4 Å². The van der Waals surface area contributed by atoms with Gasteiger partial charge < -0.3 is 10.1 Å². The van der Waals surface area contributed by atoms with Crippen LogP contribution in [-0.2, 0) is 4.74 Å². The van der Waals surface area contributed by atoms with Crippen LogP contribution in [0.25, 0.3) is 5.69 Å². The highest BCUT2D eigenvalue weighted by Gasteiger charge is 2.30. The fourth-order valence-corrected chi connectivity index (χ4v) is 4.10. The van der Waals surface area contributed by atoms with E-state index in [0.717, 1.165) is 62.6 Å². The zero-order valence-corrected chi connectivity index (χ0v) is 17.6. The normalized spacial score (nSPS) is 17.9. The van der Waals surface area contributed by atoms with Crippen molar-refractivity contribution < 1.29 is 9.53 Å². The van der Waals surface area contributed by atoms with Crippen molar-refractivity contribution in [3.8, 4) is 5.69 Å². The first-order chi connectivity index (χ1) is 15.3. The molecule has 2 aromatic carbocycles. The van der Waals surface area contributed by atoms with Crippen molar-refractivity contribution in [2.24, 2.45) is 0 Å². The largest absolute Gasteiger partial charge is 0.379 e. The number of aromatic nitrogens is 2. The van der Waals surface area contributed by atoms with Crippen LogP contribution in [0.2, 0.25) is 0 Å². The number of rotatable bonds is 7. The van der Waals surface area contributed by atoms with Gasteiger partial charge in [0.2, 0.25) is 0 Å². The predicted octanol–water partition coefficient (Wildman–Crippen LogP) is 3.55. The summed E-state index contributed by atoms with van der Waals surface area (Å²) in [6.45, 7) is 4.00. The molecule has 2 fully saturated rings. The molecule has 160 valence electrons. The van der Waals surface area contributed by atoms with E-state index in [1.165, 1.54) is 0 Å². The van der Waals surface area contributed by atoms with Gasteiger partial charge in [0.05, 0.1) is 30.6 Å². The van der Waals surface area contributed by atoms with Crippen LogP contribution in [0.1, 0.15) is 46.5 Å². The molecule has 0 unspecified atom stereocenters. The summed E-state index contributed by atoms with van der Waals surface area (Å²) < 4.78 is 7.28. The second-order valence-corrected chi connectivity index (χ2v) is 8.33. The van der Waals surface area contributed by atoms with Crippen LogP contribution >= 0.6 is 0 Å². The first kappa shape index (κ1) is 20.0. The van der Waals surface area contributed by atoms with E-state index in [1.807, 2.05) is 54.6 Å². The lowest BCUT2D eigenvalue weighted by Crippen LogP contribution is -2.43. The molecular weight excluding hydrogens is 388 g/mol. The first-order valence-corrected chi connectivity index (χ1v) is 11.1. The van der Waals surface area contributed by atoms with Crippen molar-refractivity contribution in [3.63, 3.8) is 0 Å². The lowest BCUT2D eigenvalue weighted by molar-refractivity contribution is 0.0332. The van der Waals surface area contributed by atoms with E-state index in [2.05, 4.69) is 22.3 Å². The molecule has 1 aliphatic heterocycles. The monoisotopic (exact) mass is 416 g/mol. The van der Waals surface area contributed by atoms with E-state index in [-0.39, 0.29) is 11.9 Å². The van der Waals surface area contributed by atoms with Gasteiger partial charge in [0.15, 0.2) is 0 Å². The standard InChI is InChI=1S/C25H28N4O2/c30-25(24-17-22(20-11-12-20)27-29(24)21-9-5-2-6-10-21)26-23(19-7-3-1-4-8-19)18-28-13-15-31-16-14-28/h1-10,17,20,23H,11-16,18H2,(H,26,30)/t23-/m0/s1. The van der Waals surface area contributed by atoms with Gasteiger partial charge in [-0.25, -0.2) is 4.68 Å². The van der Waals surface area contributed by atoms with Gasteiger partial charge in [-0.05, 0) is 36.6 Å². The lowest BCUT2D eigenvalue weighted by atomic mass is 10.1. The van der Waals surface area contributed by atoms with E-state index in [1.54, 1.807) is 4.68 Å². The molecule has 2 heterocycles. The molecule has 3 aromatic rings. The molecule has 1 saturated carbocycles. The average Bonchev–Trinajstić information content (AvgIpc) is 3.58. The Morgan fingerprint density at radius 2 is 1.71 bits per heavy atom. The number of nitrogens with one attached hydrogen (secondary N) is 1. The first-order valence-electron chi connectivity index (χ1n) is 11.1. The van der Waals surface area contributed by atoms with Crippen LogP contribution in [0.4, 0.5) is 0 Å². The van der Waals surface area contributed by atoms with Gasteiger partial charge in [0.1, 0.15) is 5.69 Å². The minimum atomic E-state index is -0.102. The Kier molecular flexibility index (Phi) is 5.82. The molecule has 0 radical (unpaired) electrons. The Bertz CT molecular complexity index is 1010. The van der Waals surface area contributed by atoms with Crippen molar-refractivity contribution in [1.82, 2.24) is 20.0 Å². The molecule has 6 nitrogen and oxygen atoms in total.